The third-order valence-electron chi connectivity index (χ3n) is 2.42. The summed E-state index contributed by atoms with van der Waals surface area (Å²) in [5, 5.41) is 17.4. The van der Waals surface area contributed by atoms with E-state index in [1.807, 2.05) is 12.1 Å². The molecular weight excluding hydrogens is 234 g/mol. The monoisotopic (exact) mass is 245 g/mol. The molecule has 3 rings (SSSR count). The molecule has 0 amide bonds. The molecule has 0 bridgehead atoms. The predicted molar refractivity (Wildman–Crippen MR) is 67.3 cm³/mol. The Morgan fingerprint density at radius 2 is 2.29 bits per heavy atom. The van der Waals surface area contributed by atoms with Gasteiger partial charge in [-0.3, -0.25) is 0 Å². The molecular formula is C11H11N5S. The molecule has 0 spiro atoms. The van der Waals surface area contributed by atoms with Crippen molar-refractivity contribution in [2.75, 3.05) is 11.9 Å². The van der Waals surface area contributed by atoms with Crippen LogP contribution in [0.2, 0.25) is 0 Å². The van der Waals surface area contributed by atoms with Crippen molar-refractivity contribution in [2.24, 2.45) is 0 Å². The van der Waals surface area contributed by atoms with Crippen molar-refractivity contribution in [1.82, 2.24) is 19.8 Å². The number of thiophene rings is 1. The predicted octanol–water partition coefficient (Wildman–Crippen LogP) is 1.84. The molecule has 0 aromatic carbocycles. The van der Waals surface area contributed by atoms with Crippen LogP contribution >= 0.6 is 11.3 Å². The number of nitrogens with zero attached hydrogens (tertiary/aromatic N) is 4. The second-order valence-corrected chi connectivity index (χ2v) is 4.64. The zero-order valence-electron chi connectivity index (χ0n) is 9.08. The fraction of sp³-hybridized carbons (Fsp3) is 0.182. The number of anilines is 1. The van der Waals surface area contributed by atoms with Gasteiger partial charge in [-0.2, -0.15) is 4.52 Å². The molecule has 6 heteroatoms. The maximum absolute atomic E-state index is 4.34. The van der Waals surface area contributed by atoms with Crippen LogP contribution in [-0.2, 0) is 6.42 Å². The first-order chi connectivity index (χ1) is 8.42. The first kappa shape index (κ1) is 10.2. The van der Waals surface area contributed by atoms with E-state index in [0.29, 0.717) is 0 Å². The third-order valence-corrected chi connectivity index (χ3v) is 3.36. The minimum Gasteiger partial charge on any atom is -0.368 e. The largest absolute Gasteiger partial charge is 0.368 e. The SMILES string of the molecule is c1csc(CCNc2ccc3nncn3n2)c1. The number of aromatic nitrogens is 4. The molecule has 5 nitrogen and oxygen atoms in total. The van der Waals surface area contributed by atoms with Crippen LogP contribution in [0.25, 0.3) is 5.65 Å². The van der Waals surface area contributed by atoms with Gasteiger partial charge in [0.25, 0.3) is 0 Å². The second kappa shape index (κ2) is 4.50. The number of hydrogen-bond acceptors (Lipinski definition) is 5. The standard InChI is InChI=1S/C11H11N5S/c1-2-9(17-7-1)5-6-12-10-3-4-11-14-13-8-16(11)15-10/h1-4,7-8H,5-6H2,(H,12,15). The van der Waals surface area contributed by atoms with Crippen molar-refractivity contribution in [3.63, 3.8) is 0 Å². The van der Waals surface area contributed by atoms with Crippen molar-refractivity contribution in [3.05, 3.63) is 40.8 Å². The Bertz CT molecular complexity index is 601. The smallest absolute Gasteiger partial charge is 0.177 e. The first-order valence-electron chi connectivity index (χ1n) is 5.35. The highest BCUT2D eigenvalue weighted by Crippen LogP contribution is 2.10. The summed E-state index contributed by atoms with van der Waals surface area (Å²) >= 11 is 1.78. The lowest BCUT2D eigenvalue weighted by Gasteiger charge is -2.04. The normalized spacial score (nSPS) is 10.8. The summed E-state index contributed by atoms with van der Waals surface area (Å²) in [5.74, 6) is 0.842. The van der Waals surface area contributed by atoms with Crippen molar-refractivity contribution < 1.29 is 0 Å². The van der Waals surface area contributed by atoms with Gasteiger partial charge in [-0.25, -0.2) is 0 Å². The average molecular weight is 245 g/mol. The van der Waals surface area contributed by atoms with E-state index < -0.39 is 0 Å². The highest BCUT2D eigenvalue weighted by Gasteiger charge is 1.99. The number of rotatable bonds is 4. The van der Waals surface area contributed by atoms with E-state index in [1.165, 1.54) is 4.88 Å². The molecule has 17 heavy (non-hydrogen) atoms. The summed E-state index contributed by atoms with van der Waals surface area (Å²) in [6.45, 7) is 0.876. The van der Waals surface area contributed by atoms with Crippen LogP contribution in [0.5, 0.6) is 0 Å². The number of hydrogen-bond donors (Lipinski definition) is 1. The lowest BCUT2D eigenvalue weighted by Crippen LogP contribution is -2.07. The molecule has 0 atom stereocenters. The summed E-state index contributed by atoms with van der Waals surface area (Å²) in [7, 11) is 0. The molecule has 86 valence electrons. The van der Waals surface area contributed by atoms with Crippen LogP contribution in [0.15, 0.2) is 36.0 Å². The van der Waals surface area contributed by atoms with Crippen LogP contribution in [0, 0.1) is 0 Å². The van der Waals surface area contributed by atoms with Gasteiger partial charge in [0.15, 0.2) is 5.65 Å². The maximum atomic E-state index is 4.34. The van der Waals surface area contributed by atoms with E-state index in [0.717, 1.165) is 24.4 Å². The van der Waals surface area contributed by atoms with Gasteiger partial charge in [0, 0.05) is 11.4 Å². The Balaban J connectivity index is 1.64. The second-order valence-electron chi connectivity index (χ2n) is 3.61. The van der Waals surface area contributed by atoms with E-state index in [2.05, 4.69) is 38.1 Å². The molecule has 0 aliphatic heterocycles. The number of fused-ring (bicyclic) bond motifs is 1. The zero-order valence-corrected chi connectivity index (χ0v) is 9.89. The highest BCUT2D eigenvalue weighted by molar-refractivity contribution is 7.09. The van der Waals surface area contributed by atoms with Gasteiger partial charge in [-0.1, -0.05) is 6.07 Å². The van der Waals surface area contributed by atoms with Crippen molar-refractivity contribution in [3.8, 4) is 0 Å². The molecule has 0 fully saturated rings. The molecule has 3 aromatic heterocycles. The van der Waals surface area contributed by atoms with Gasteiger partial charge in [0.05, 0.1) is 0 Å². The summed E-state index contributed by atoms with van der Waals surface area (Å²) < 4.78 is 1.66. The van der Waals surface area contributed by atoms with Gasteiger partial charge in [0.1, 0.15) is 12.1 Å². The summed E-state index contributed by atoms with van der Waals surface area (Å²) in [5.41, 5.74) is 0.758. The van der Waals surface area contributed by atoms with Crippen LogP contribution < -0.4 is 5.32 Å². The lowest BCUT2D eigenvalue weighted by atomic mass is 10.3. The molecule has 0 radical (unpaired) electrons. The van der Waals surface area contributed by atoms with E-state index in [9.17, 15) is 0 Å². The third kappa shape index (κ3) is 2.26. The average Bonchev–Trinajstić information content (AvgIpc) is 2.98. The Labute approximate surface area is 102 Å². The van der Waals surface area contributed by atoms with Crippen LogP contribution in [-0.4, -0.2) is 26.4 Å². The molecule has 0 aliphatic rings. The van der Waals surface area contributed by atoms with Crippen LogP contribution in [0.3, 0.4) is 0 Å². The molecule has 0 unspecified atom stereocenters. The zero-order chi connectivity index (χ0) is 11.5. The lowest BCUT2D eigenvalue weighted by molar-refractivity contribution is 0.911. The molecule has 0 aliphatic carbocycles. The molecule has 1 N–H and O–H groups in total. The van der Waals surface area contributed by atoms with E-state index in [4.69, 9.17) is 0 Å². The van der Waals surface area contributed by atoms with E-state index in [1.54, 1.807) is 22.2 Å². The van der Waals surface area contributed by atoms with Crippen molar-refractivity contribution in [2.45, 2.75) is 6.42 Å². The van der Waals surface area contributed by atoms with E-state index >= 15 is 0 Å². The summed E-state index contributed by atoms with van der Waals surface area (Å²) in [6.07, 6.45) is 2.61. The Morgan fingerprint density at radius 1 is 1.29 bits per heavy atom. The van der Waals surface area contributed by atoms with Gasteiger partial charge in [0.2, 0.25) is 0 Å². The van der Waals surface area contributed by atoms with Crippen LogP contribution in [0.1, 0.15) is 4.88 Å². The fourth-order valence-electron chi connectivity index (χ4n) is 1.59. The van der Waals surface area contributed by atoms with Crippen molar-refractivity contribution >= 4 is 22.8 Å². The molecule has 3 heterocycles. The van der Waals surface area contributed by atoms with Crippen LogP contribution in [0.4, 0.5) is 5.82 Å². The van der Waals surface area contributed by atoms with Gasteiger partial charge < -0.3 is 5.32 Å². The molecule has 0 saturated heterocycles. The topological polar surface area (TPSA) is 55.1 Å². The highest BCUT2D eigenvalue weighted by atomic mass is 32.1. The Morgan fingerprint density at radius 3 is 3.18 bits per heavy atom. The van der Waals surface area contributed by atoms with Gasteiger partial charge in [-0.15, -0.1) is 26.6 Å². The minimum absolute atomic E-state index is 0.758. The molecule has 3 aromatic rings. The summed E-state index contributed by atoms with van der Waals surface area (Å²) in [4.78, 5) is 1.38. The number of nitrogens with one attached hydrogen (secondary N) is 1. The fourth-order valence-corrected chi connectivity index (χ4v) is 2.30. The Hall–Kier alpha value is -1.95. The Kier molecular flexibility index (Phi) is 2.71. The van der Waals surface area contributed by atoms with Gasteiger partial charge >= 0.3 is 0 Å². The minimum atomic E-state index is 0.758. The van der Waals surface area contributed by atoms with Crippen molar-refractivity contribution in [1.29, 1.82) is 0 Å². The van der Waals surface area contributed by atoms with E-state index in [-0.39, 0.29) is 0 Å². The quantitative estimate of drug-likeness (QED) is 0.762. The molecule has 0 saturated carbocycles. The first-order valence-corrected chi connectivity index (χ1v) is 6.23. The van der Waals surface area contributed by atoms with Gasteiger partial charge in [-0.05, 0) is 30.0 Å². The summed E-state index contributed by atoms with van der Waals surface area (Å²) in [6, 6.07) is 8.02. The maximum Gasteiger partial charge on any atom is 0.177 e.